The van der Waals surface area contributed by atoms with Gasteiger partial charge in [0.2, 0.25) is 0 Å². The molecule has 2 nitrogen and oxygen atoms in total. The third-order valence-electron chi connectivity index (χ3n) is 9.85. The number of aromatic nitrogens is 2. The number of benzene rings is 6. The summed E-state index contributed by atoms with van der Waals surface area (Å²) in [7, 11) is 0. The van der Waals surface area contributed by atoms with E-state index in [2.05, 4.69) is 150 Å². The van der Waals surface area contributed by atoms with Gasteiger partial charge in [-0.3, -0.25) is 4.98 Å². The second kappa shape index (κ2) is 9.38. The molecule has 0 N–H and O–H groups in total. The van der Waals surface area contributed by atoms with Gasteiger partial charge in [0.1, 0.15) is 0 Å². The third kappa shape index (κ3) is 3.54. The topological polar surface area (TPSA) is 17.8 Å². The maximum Gasteiger partial charge on any atom is 0.0723 e. The average molecular weight is 573 g/mol. The van der Waals surface area contributed by atoms with E-state index in [4.69, 9.17) is 4.98 Å². The van der Waals surface area contributed by atoms with Crippen LogP contribution in [0, 0.1) is 0 Å². The van der Waals surface area contributed by atoms with Gasteiger partial charge in [-0.25, -0.2) is 0 Å². The minimum atomic E-state index is 1.02. The van der Waals surface area contributed by atoms with E-state index in [0.717, 1.165) is 24.0 Å². The molecule has 2 heteroatoms. The smallest absolute Gasteiger partial charge is 0.0723 e. The molecular weight excluding hydrogens is 544 g/mol. The molecule has 0 aliphatic heterocycles. The first-order valence-electron chi connectivity index (χ1n) is 15.8. The van der Waals surface area contributed by atoms with E-state index in [1.165, 1.54) is 82.5 Å². The first-order valence-corrected chi connectivity index (χ1v) is 15.8. The molecule has 0 saturated heterocycles. The highest BCUT2D eigenvalue weighted by atomic mass is 15.0. The van der Waals surface area contributed by atoms with Crippen molar-refractivity contribution in [3.05, 3.63) is 157 Å². The molecule has 0 unspecified atom stereocenters. The number of fused-ring (bicyclic) bond motifs is 8. The van der Waals surface area contributed by atoms with E-state index >= 15 is 0 Å². The van der Waals surface area contributed by atoms with Crippen molar-refractivity contribution in [1.82, 2.24) is 9.55 Å². The maximum atomic E-state index is 4.88. The lowest BCUT2D eigenvalue weighted by molar-refractivity contribution is 1.06. The van der Waals surface area contributed by atoms with Crippen LogP contribution in [-0.4, -0.2) is 9.55 Å². The predicted molar refractivity (Wildman–Crippen MR) is 190 cm³/mol. The van der Waals surface area contributed by atoms with Crippen LogP contribution in [0.3, 0.4) is 0 Å². The minimum absolute atomic E-state index is 1.02. The molecule has 10 rings (SSSR count). The Hall–Kier alpha value is -5.73. The van der Waals surface area contributed by atoms with Gasteiger partial charge in [-0.1, -0.05) is 109 Å². The molecular formula is C43H28N2. The number of para-hydroxylation sites is 2. The van der Waals surface area contributed by atoms with Gasteiger partial charge in [0, 0.05) is 28.0 Å². The van der Waals surface area contributed by atoms with Crippen LogP contribution < -0.4 is 0 Å². The number of hydrogen-bond acceptors (Lipinski definition) is 1. The first-order chi connectivity index (χ1) is 22.3. The second-order valence-electron chi connectivity index (χ2n) is 12.2. The Morgan fingerprint density at radius 1 is 0.556 bits per heavy atom. The maximum absolute atomic E-state index is 4.88. The van der Waals surface area contributed by atoms with Crippen molar-refractivity contribution >= 4 is 54.6 Å². The summed E-state index contributed by atoms with van der Waals surface area (Å²) in [5.41, 5.74) is 15.3. The Balaban J connectivity index is 1.15. The van der Waals surface area contributed by atoms with Crippen LogP contribution in [0.15, 0.2) is 146 Å². The lowest BCUT2D eigenvalue weighted by Gasteiger charge is -2.17. The van der Waals surface area contributed by atoms with Crippen LogP contribution in [0.2, 0.25) is 0 Å². The molecule has 2 aliphatic rings. The van der Waals surface area contributed by atoms with Gasteiger partial charge in [-0.2, -0.15) is 0 Å². The predicted octanol–water partition coefficient (Wildman–Crippen LogP) is 11.4. The van der Waals surface area contributed by atoms with Gasteiger partial charge in [-0.05, 0) is 98.5 Å². The van der Waals surface area contributed by atoms with E-state index in [1.54, 1.807) is 0 Å². The van der Waals surface area contributed by atoms with Crippen molar-refractivity contribution in [3.63, 3.8) is 0 Å². The molecule has 8 aromatic rings. The Morgan fingerprint density at radius 3 is 2.18 bits per heavy atom. The van der Waals surface area contributed by atoms with Gasteiger partial charge < -0.3 is 4.57 Å². The lowest BCUT2D eigenvalue weighted by atomic mass is 9.87. The van der Waals surface area contributed by atoms with Crippen LogP contribution in [0.25, 0.3) is 82.6 Å². The van der Waals surface area contributed by atoms with Gasteiger partial charge in [0.15, 0.2) is 0 Å². The molecule has 210 valence electrons. The summed E-state index contributed by atoms with van der Waals surface area (Å²) in [6.07, 6.45) is 8.97. The fourth-order valence-corrected chi connectivity index (χ4v) is 7.86. The Morgan fingerprint density at radius 2 is 1.29 bits per heavy atom. The zero-order chi connectivity index (χ0) is 29.5. The van der Waals surface area contributed by atoms with Crippen molar-refractivity contribution in [2.45, 2.75) is 12.8 Å². The number of allylic oxidation sites excluding steroid dienone is 4. The summed E-state index contributed by atoms with van der Waals surface area (Å²) in [6, 6.07) is 46.5. The van der Waals surface area contributed by atoms with Crippen LogP contribution >= 0.6 is 0 Å². The average Bonchev–Trinajstić information content (AvgIpc) is 3.63. The number of hydrogen-bond donors (Lipinski definition) is 0. The fraction of sp³-hybridized carbons (Fsp3) is 0.0465. The van der Waals surface area contributed by atoms with Crippen LogP contribution in [0.1, 0.15) is 24.0 Å². The summed E-state index contributed by atoms with van der Waals surface area (Å²) in [5.74, 6) is 0. The molecule has 0 bridgehead atoms. The Bertz CT molecular complexity index is 2550. The molecule has 0 atom stereocenters. The first kappa shape index (κ1) is 24.7. The molecule has 45 heavy (non-hydrogen) atoms. The van der Waals surface area contributed by atoms with E-state index in [0.29, 0.717) is 0 Å². The standard InChI is InChI=1S/C43H28N2/c1-2-12-30(13-3-1)45-41-23-20-28(25-38(41)39-26-44-40-19-7-6-16-37(40)43(39)45)27-10-8-11-29(24-27)31-21-22-36-33-15-5-4-14-32(33)35-18-9-17-34(31)42(35)36/h1-7,9-10,12-26H,8,11H2. The van der Waals surface area contributed by atoms with Crippen molar-refractivity contribution < 1.29 is 0 Å². The Labute approximate surface area is 261 Å². The summed E-state index contributed by atoms with van der Waals surface area (Å²) in [4.78, 5) is 4.88. The van der Waals surface area contributed by atoms with Gasteiger partial charge in [0.25, 0.3) is 0 Å². The molecule has 0 amide bonds. The summed E-state index contributed by atoms with van der Waals surface area (Å²) >= 11 is 0. The highest BCUT2D eigenvalue weighted by Gasteiger charge is 2.23. The summed E-state index contributed by atoms with van der Waals surface area (Å²) in [5, 5.41) is 6.33. The van der Waals surface area contributed by atoms with Crippen molar-refractivity contribution in [2.75, 3.05) is 0 Å². The van der Waals surface area contributed by atoms with Crippen molar-refractivity contribution in [2.24, 2.45) is 0 Å². The molecule has 6 aromatic carbocycles. The molecule has 2 heterocycles. The van der Waals surface area contributed by atoms with Gasteiger partial charge >= 0.3 is 0 Å². The van der Waals surface area contributed by atoms with E-state index < -0.39 is 0 Å². The van der Waals surface area contributed by atoms with Gasteiger partial charge in [-0.15, -0.1) is 0 Å². The zero-order valence-corrected chi connectivity index (χ0v) is 24.7. The third-order valence-corrected chi connectivity index (χ3v) is 9.85. The molecule has 0 radical (unpaired) electrons. The largest absolute Gasteiger partial charge is 0.309 e. The normalized spacial score (nSPS) is 13.9. The SMILES string of the molecule is C1=C(c2ccc3c(c2)c2cnc4ccccc4c2n3-c2ccccc2)C=C(c2ccc3c4c(cccc24)-c2ccccc2-3)CC1. The van der Waals surface area contributed by atoms with Crippen molar-refractivity contribution in [1.29, 1.82) is 0 Å². The molecule has 0 saturated carbocycles. The zero-order valence-electron chi connectivity index (χ0n) is 24.7. The number of pyridine rings is 1. The second-order valence-corrected chi connectivity index (χ2v) is 12.2. The summed E-state index contributed by atoms with van der Waals surface area (Å²) < 4.78 is 2.40. The molecule has 2 aromatic heterocycles. The number of rotatable bonds is 3. The minimum Gasteiger partial charge on any atom is -0.309 e. The fourth-order valence-electron chi connectivity index (χ4n) is 7.86. The van der Waals surface area contributed by atoms with E-state index in [9.17, 15) is 0 Å². The van der Waals surface area contributed by atoms with Crippen LogP contribution in [-0.2, 0) is 0 Å². The lowest BCUT2D eigenvalue weighted by Crippen LogP contribution is -1.96. The summed E-state index contributed by atoms with van der Waals surface area (Å²) in [6.45, 7) is 0. The highest BCUT2D eigenvalue weighted by Crippen LogP contribution is 2.49. The molecule has 2 aliphatic carbocycles. The molecule has 0 fully saturated rings. The quantitative estimate of drug-likeness (QED) is 0.206. The van der Waals surface area contributed by atoms with E-state index in [1.807, 2.05) is 0 Å². The van der Waals surface area contributed by atoms with E-state index in [-0.39, 0.29) is 0 Å². The highest BCUT2D eigenvalue weighted by molar-refractivity contribution is 6.19. The number of nitrogens with zero attached hydrogens (tertiary/aromatic N) is 2. The monoisotopic (exact) mass is 572 g/mol. The molecule has 0 spiro atoms. The van der Waals surface area contributed by atoms with Crippen molar-refractivity contribution in [3.8, 4) is 27.9 Å². The van der Waals surface area contributed by atoms with Crippen LogP contribution in [0.4, 0.5) is 0 Å². The van der Waals surface area contributed by atoms with Gasteiger partial charge in [0.05, 0.1) is 16.6 Å². The Kier molecular flexibility index (Phi) is 5.15. The van der Waals surface area contributed by atoms with Crippen LogP contribution in [0.5, 0.6) is 0 Å².